The van der Waals surface area contributed by atoms with Crippen molar-refractivity contribution in [2.75, 3.05) is 0 Å². The fourth-order valence-electron chi connectivity index (χ4n) is 2.48. The van der Waals surface area contributed by atoms with Crippen molar-refractivity contribution in [2.45, 2.75) is 51.5 Å². The van der Waals surface area contributed by atoms with E-state index in [2.05, 4.69) is 16.5 Å². The predicted octanol–water partition coefficient (Wildman–Crippen LogP) is 2.19. The van der Waals surface area contributed by atoms with E-state index in [1.165, 1.54) is 18.5 Å². The molecule has 1 atom stereocenters. The highest BCUT2D eigenvalue weighted by Crippen LogP contribution is 2.29. The molecule has 2 rings (SSSR count). The third-order valence-corrected chi connectivity index (χ3v) is 3.27. The normalized spacial score (nSPS) is 19.4. The largest absolute Gasteiger partial charge is 0.481 e. The molecule has 0 saturated carbocycles. The molecule has 0 fully saturated rings. The van der Waals surface area contributed by atoms with E-state index in [4.69, 9.17) is 5.11 Å². The number of aliphatic carboxylic acids is 1. The molecule has 0 aliphatic carbocycles. The molecular weight excluding hydrogens is 204 g/mol. The molecule has 2 heterocycles. The van der Waals surface area contributed by atoms with Crippen molar-refractivity contribution in [3.63, 3.8) is 0 Å². The van der Waals surface area contributed by atoms with Crippen LogP contribution in [0.25, 0.3) is 0 Å². The molecule has 1 unspecified atom stereocenters. The highest BCUT2D eigenvalue weighted by Gasteiger charge is 2.20. The van der Waals surface area contributed by atoms with Crippen LogP contribution in [0.5, 0.6) is 0 Å². The molecular formula is C12H18N2O2. The fraction of sp³-hybridized carbons (Fsp3) is 0.667. The Bertz CT molecular complexity index is 384. The molecule has 1 aromatic heterocycles. The van der Waals surface area contributed by atoms with Crippen LogP contribution in [-0.2, 0) is 17.8 Å². The molecule has 1 aliphatic heterocycles. The number of hydrogen-bond acceptors (Lipinski definition) is 2. The first-order valence-corrected chi connectivity index (χ1v) is 5.94. The number of carboxylic acid groups (broad SMARTS) is 1. The maximum atomic E-state index is 10.5. The number of carbonyl (C=O) groups is 1. The van der Waals surface area contributed by atoms with E-state index >= 15 is 0 Å². The highest BCUT2D eigenvalue weighted by atomic mass is 16.4. The van der Waals surface area contributed by atoms with Gasteiger partial charge in [0, 0.05) is 18.7 Å². The topological polar surface area (TPSA) is 55.1 Å². The van der Waals surface area contributed by atoms with Crippen LogP contribution in [0.15, 0.2) is 6.33 Å². The van der Waals surface area contributed by atoms with Crippen LogP contribution in [0.4, 0.5) is 0 Å². The summed E-state index contributed by atoms with van der Waals surface area (Å²) in [5, 5.41) is 8.61. The van der Waals surface area contributed by atoms with E-state index in [1.807, 2.05) is 6.33 Å². The molecule has 0 saturated heterocycles. The van der Waals surface area contributed by atoms with Gasteiger partial charge in [0.25, 0.3) is 0 Å². The standard InChI is InChI=1S/C12H18N2O2/c1-9-4-3-7-14-8-13-10(12(9)14)5-2-6-11(15)16/h8-9H,2-7H2,1H3,(H,15,16). The summed E-state index contributed by atoms with van der Waals surface area (Å²) in [7, 11) is 0. The van der Waals surface area contributed by atoms with E-state index in [-0.39, 0.29) is 6.42 Å². The van der Waals surface area contributed by atoms with Gasteiger partial charge in [-0.1, -0.05) is 6.92 Å². The molecule has 1 aliphatic rings. The second kappa shape index (κ2) is 4.68. The fourth-order valence-corrected chi connectivity index (χ4v) is 2.48. The number of rotatable bonds is 4. The van der Waals surface area contributed by atoms with Gasteiger partial charge in [0.05, 0.1) is 12.0 Å². The van der Waals surface area contributed by atoms with Crippen molar-refractivity contribution in [2.24, 2.45) is 0 Å². The van der Waals surface area contributed by atoms with E-state index in [0.717, 1.165) is 18.7 Å². The Balaban J connectivity index is 2.04. The Labute approximate surface area is 95.3 Å². The van der Waals surface area contributed by atoms with E-state index in [9.17, 15) is 4.79 Å². The molecule has 16 heavy (non-hydrogen) atoms. The van der Waals surface area contributed by atoms with E-state index in [1.54, 1.807) is 0 Å². The minimum Gasteiger partial charge on any atom is -0.481 e. The maximum absolute atomic E-state index is 10.5. The third kappa shape index (κ3) is 2.26. The Kier molecular flexibility index (Phi) is 3.27. The van der Waals surface area contributed by atoms with Gasteiger partial charge in [-0.15, -0.1) is 0 Å². The van der Waals surface area contributed by atoms with Gasteiger partial charge in [-0.2, -0.15) is 0 Å². The number of hydrogen-bond donors (Lipinski definition) is 1. The SMILES string of the molecule is CC1CCCn2cnc(CCCC(=O)O)c21. The Morgan fingerprint density at radius 1 is 1.69 bits per heavy atom. The van der Waals surface area contributed by atoms with E-state index in [0.29, 0.717) is 12.3 Å². The van der Waals surface area contributed by atoms with Gasteiger partial charge in [0.1, 0.15) is 0 Å². The van der Waals surface area contributed by atoms with Crippen molar-refractivity contribution in [3.8, 4) is 0 Å². The van der Waals surface area contributed by atoms with Gasteiger partial charge in [0.15, 0.2) is 0 Å². The quantitative estimate of drug-likeness (QED) is 0.849. The smallest absolute Gasteiger partial charge is 0.303 e. The van der Waals surface area contributed by atoms with Crippen molar-refractivity contribution >= 4 is 5.97 Å². The first-order chi connectivity index (χ1) is 7.68. The van der Waals surface area contributed by atoms with Gasteiger partial charge in [-0.05, 0) is 31.6 Å². The summed E-state index contributed by atoms with van der Waals surface area (Å²) in [6, 6.07) is 0. The zero-order valence-electron chi connectivity index (χ0n) is 9.65. The van der Waals surface area contributed by atoms with Gasteiger partial charge in [-0.25, -0.2) is 4.98 Å². The van der Waals surface area contributed by atoms with Gasteiger partial charge in [-0.3, -0.25) is 4.79 Å². The number of imidazole rings is 1. The highest BCUT2D eigenvalue weighted by molar-refractivity contribution is 5.66. The molecule has 0 amide bonds. The first-order valence-electron chi connectivity index (χ1n) is 5.94. The van der Waals surface area contributed by atoms with Crippen molar-refractivity contribution < 1.29 is 9.90 Å². The lowest BCUT2D eigenvalue weighted by Gasteiger charge is -2.21. The van der Waals surface area contributed by atoms with Crippen LogP contribution in [0.1, 0.15) is 49.9 Å². The van der Waals surface area contributed by atoms with Crippen LogP contribution in [-0.4, -0.2) is 20.6 Å². The first kappa shape index (κ1) is 11.2. The van der Waals surface area contributed by atoms with Crippen LogP contribution in [0.2, 0.25) is 0 Å². The zero-order valence-corrected chi connectivity index (χ0v) is 9.65. The molecule has 88 valence electrons. The predicted molar refractivity (Wildman–Crippen MR) is 60.4 cm³/mol. The Hall–Kier alpha value is -1.32. The molecule has 1 aromatic rings. The van der Waals surface area contributed by atoms with Gasteiger partial charge < -0.3 is 9.67 Å². The lowest BCUT2D eigenvalue weighted by molar-refractivity contribution is -0.137. The van der Waals surface area contributed by atoms with Crippen molar-refractivity contribution in [1.29, 1.82) is 0 Å². The van der Waals surface area contributed by atoms with E-state index < -0.39 is 5.97 Å². The van der Waals surface area contributed by atoms with Crippen molar-refractivity contribution in [1.82, 2.24) is 9.55 Å². The summed E-state index contributed by atoms with van der Waals surface area (Å²) in [6.45, 7) is 3.29. The summed E-state index contributed by atoms with van der Waals surface area (Å²) >= 11 is 0. The molecule has 0 aromatic carbocycles. The van der Waals surface area contributed by atoms with Crippen LogP contribution in [0.3, 0.4) is 0 Å². The second-order valence-electron chi connectivity index (χ2n) is 4.56. The minimum atomic E-state index is -0.721. The molecule has 4 nitrogen and oxygen atoms in total. The van der Waals surface area contributed by atoms with Gasteiger partial charge >= 0.3 is 5.97 Å². The summed E-state index contributed by atoms with van der Waals surface area (Å²) < 4.78 is 2.23. The van der Waals surface area contributed by atoms with Crippen LogP contribution < -0.4 is 0 Å². The maximum Gasteiger partial charge on any atom is 0.303 e. The van der Waals surface area contributed by atoms with Crippen molar-refractivity contribution in [3.05, 3.63) is 17.7 Å². The third-order valence-electron chi connectivity index (χ3n) is 3.27. The van der Waals surface area contributed by atoms with Crippen LogP contribution >= 0.6 is 0 Å². The number of carboxylic acids is 1. The number of nitrogens with zero attached hydrogens (tertiary/aromatic N) is 2. The minimum absolute atomic E-state index is 0.237. The monoisotopic (exact) mass is 222 g/mol. The average molecular weight is 222 g/mol. The molecule has 4 heteroatoms. The lowest BCUT2D eigenvalue weighted by atomic mass is 9.95. The second-order valence-corrected chi connectivity index (χ2v) is 4.56. The molecule has 0 bridgehead atoms. The molecule has 1 N–H and O–H groups in total. The average Bonchev–Trinajstić information content (AvgIpc) is 2.62. The zero-order chi connectivity index (χ0) is 11.5. The van der Waals surface area contributed by atoms with Gasteiger partial charge in [0.2, 0.25) is 0 Å². The summed E-state index contributed by atoms with van der Waals surface area (Å²) in [5.41, 5.74) is 2.44. The summed E-state index contributed by atoms with van der Waals surface area (Å²) in [4.78, 5) is 14.9. The molecule has 0 spiro atoms. The molecule has 0 radical (unpaired) electrons. The number of fused-ring (bicyclic) bond motifs is 1. The Morgan fingerprint density at radius 2 is 2.50 bits per heavy atom. The Morgan fingerprint density at radius 3 is 3.25 bits per heavy atom. The van der Waals surface area contributed by atoms with Crippen LogP contribution in [0, 0.1) is 0 Å². The number of aromatic nitrogens is 2. The number of aryl methyl sites for hydroxylation is 2. The summed E-state index contributed by atoms with van der Waals surface area (Å²) in [5.74, 6) is -0.155. The summed E-state index contributed by atoms with van der Waals surface area (Å²) in [6.07, 6.45) is 6.06. The lowest BCUT2D eigenvalue weighted by Crippen LogP contribution is -2.14.